The lowest BCUT2D eigenvalue weighted by Gasteiger charge is -2.18. The highest BCUT2D eigenvalue weighted by atomic mass is 19.1. The summed E-state index contributed by atoms with van der Waals surface area (Å²) in [4.78, 5) is 8.76. The molecule has 1 aromatic carbocycles. The molecule has 0 fully saturated rings. The average Bonchev–Trinajstić information content (AvgIpc) is 3.15. The maximum atomic E-state index is 14.0. The summed E-state index contributed by atoms with van der Waals surface area (Å²) in [5.74, 6) is 1.25. The maximum absolute atomic E-state index is 14.0. The van der Waals surface area contributed by atoms with Crippen LogP contribution < -0.4 is 15.4 Å². The van der Waals surface area contributed by atoms with Crippen molar-refractivity contribution in [1.29, 1.82) is 0 Å². The summed E-state index contributed by atoms with van der Waals surface area (Å²) >= 11 is 0. The molecule has 0 radical (unpaired) electrons. The Kier molecular flexibility index (Phi) is 8.19. The fourth-order valence-corrected chi connectivity index (χ4v) is 2.53. The molecule has 0 saturated heterocycles. The number of rotatable bonds is 9. The Labute approximate surface area is 164 Å². The summed E-state index contributed by atoms with van der Waals surface area (Å²) in [6, 6.07) is 4.68. The number of hydrogen-bond acceptors (Lipinski definition) is 6. The zero-order valence-corrected chi connectivity index (χ0v) is 17.0. The van der Waals surface area contributed by atoms with Crippen LogP contribution in [-0.4, -0.2) is 36.4 Å². The fraction of sp³-hybridized carbons (Fsp3) is 0.526. The van der Waals surface area contributed by atoms with Crippen LogP contribution in [0.3, 0.4) is 0 Å². The molecule has 28 heavy (non-hydrogen) atoms. The maximum Gasteiger partial charge on any atom is 0.248 e. The Morgan fingerprint density at radius 3 is 2.75 bits per heavy atom. The molecule has 0 amide bonds. The topological polar surface area (TPSA) is 93.8 Å². The lowest BCUT2D eigenvalue weighted by Crippen LogP contribution is -2.38. The van der Waals surface area contributed by atoms with Crippen LogP contribution in [0.25, 0.3) is 0 Å². The van der Waals surface area contributed by atoms with Gasteiger partial charge in [-0.1, -0.05) is 11.2 Å². The second-order valence-corrected chi connectivity index (χ2v) is 6.10. The number of benzene rings is 1. The number of methoxy groups -OCH3 is 1. The van der Waals surface area contributed by atoms with Gasteiger partial charge < -0.3 is 24.6 Å². The van der Waals surface area contributed by atoms with Crippen molar-refractivity contribution in [2.45, 2.75) is 46.4 Å². The molecular weight excluding hydrogens is 365 g/mol. The molecular formula is C19H28FN5O3. The van der Waals surface area contributed by atoms with Crippen molar-refractivity contribution in [2.75, 3.05) is 20.3 Å². The molecule has 154 valence electrons. The number of aliphatic imine (C=N–C) groups is 1. The minimum Gasteiger partial charge on any atom is -0.494 e. The van der Waals surface area contributed by atoms with Gasteiger partial charge in [-0.05, 0) is 45.4 Å². The first-order chi connectivity index (χ1) is 13.5. The Morgan fingerprint density at radius 1 is 1.32 bits per heavy atom. The predicted molar refractivity (Wildman–Crippen MR) is 104 cm³/mol. The van der Waals surface area contributed by atoms with Crippen LogP contribution in [0.1, 0.15) is 57.1 Å². The highest BCUT2D eigenvalue weighted by Crippen LogP contribution is 2.21. The van der Waals surface area contributed by atoms with Crippen molar-refractivity contribution in [2.24, 2.45) is 4.99 Å². The van der Waals surface area contributed by atoms with Crippen molar-refractivity contribution in [3.8, 4) is 5.75 Å². The van der Waals surface area contributed by atoms with E-state index in [2.05, 4.69) is 25.8 Å². The van der Waals surface area contributed by atoms with E-state index in [1.807, 2.05) is 33.8 Å². The van der Waals surface area contributed by atoms with Crippen molar-refractivity contribution >= 4 is 5.96 Å². The third-order valence-corrected chi connectivity index (χ3v) is 4.01. The quantitative estimate of drug-likeness (QED) is 0.499. The molecule has 0 bridgehead atoms. The Bertz CT molecular complexity index is 781. The number of halogens is 1. The van der Waals surface area contributed by atoms with Crippen LogP contribution in [0.5, 0.6) is 5.75 Å². The minimum atomic E-state index is -0.405. The van der Waals surface area contributed by atoms with Gasteiger partial charge in [-0.2, -0.15) is 4.98 Å². The van der Waals surface area contributed by atoms with Gasteiger partial charge in [0.1, 0.15) is 12.6 Å². The van der Waals surface area contributed by atoms with Crippen LogP contribution in [0, 0.1) is 5.82 Å². The van der Waals surface area contributed by atoms with E-state index in [9.17, 15) is 4.39 Å². The molecule has 1 aromatic heterocycles. The molecule has 2 unspecified atom stereocenters. The van der Waals surface area contributed by atoms with E-state index >= 15 is 0 Å². The molecule has 2 N–H and O–H groups in total. The number of nitrogens with zero attached hydrogens (tertiary/aromatic N) is 3. The molecule has 8 nitrogen and oxygen atoms in total. The average molecular weight is 393 g/mol. The van der Waals surface area contributed by atoms with E-state index in [0.717, 1.165) is 5.56 Å². The van der Waals surface area contributed by atoms with Gasteiger partial charge in [-0.15, -0.1) is 0 Å². The van der Waals surface area contributed by atoms with Gasteiger partial charge in [-0.25, -0.2) is 9.38 Å². The third-order valence-electron chi connectivity index (χ3n) is 4.01. The summed E-state index contributed by atoms with van der Waals surface area (Å²) in [5.41, 5.74) is 0.773. The molecule has 2 rings (SSSR count). The molecule has 0 aliphatic heterocycles. The molecule has 2 atom stereocenters. The summed E-state index contributed by atoms with van der Waals surface area (Å²) in [5, 5.41) is 10.3. The van der Waals surface area contributed by atoms with E-state index in [0.29, 0.717) is 30.8 Å². The van der Waals surface area contributed by atoms with Crippen LogP contribution in [-0.2, 0) is 11.3 Å². The molecule has 0 spiro atoms. The first-order valence-corrected chi connectivity index (χ1v) is 9.30. The smallest absolute Gasteiger partial charge is 0.248 e. The van der Waals surface area contributed by atoms with Crippen molar-refractivity contribution < 1.29 is 18.4 Å². The molecule has 0 saturated carbocycles. The van der Waals surface area contributed by atoms with Crippen molar-refractivity contribution in [3.63, 3.8) is 0 Å². The van der Waals surface area contributed by atoms with E-state index in [1.54, 1.807) is 6.07 Å². The van der Waals surface area contributed by atoms with Gasteiger partial charge in [-0.3, -0.25) is 0 Å². The lowest BCUT2D eigenvalue weighted by molar-refractivity contribution is 0.0683. The number of hydrogen-bond donors (Lipinski definition) is 2. The third kappa shape index (κ3) is 5.91. The normalized spacial score (nSPS) is 13.9. The highest BCUT2D eigenvalue weighted by molar-refractivity contribution is 5.80. The predicted octanol–water partition coefficient (Wildman–Crippen LogP) is 3.13. The van der Waals surface area contributed by atoms with Gasteiger partial charge in [0.05, 0.1) is 13.2 Å². The van der Waals surface area contributed by atoms with Gasteiger partial charge >= 0.3 is 0 Å². The van der Waals surface area contributed by atoms with Crippen LogP contribution in [0.15, 0.2) is 27.7 Å². The SMILES string of the molecule is CCNC(=NCc1nc(C(C)OCC)no1)NC(C)c1ccc(OC)c(F)c1. The standard InChI is InChI=1S/C19H28FN5O3/c1-6-21-19(22-11-17-24-18(25-28-17)13(4)27-7-2)23-12(3)14-8-9-16(26-5)15(20)10-14/h8-10,12-13H,6-7,11H2,1-5H3,(H2,21,22,23). The van der Waals surface area contributed by atoms with Gasteiger partial charge in [0.15, 0.2) is 23.4 Å². The van der Waals surface area contributed by atoms with Gasteiger partial charge in [0.25, 0.3) is 0 Å². The van der Waals surface area contributed by atoms with Crippen LogP contribution in [0.4, 0.5) is 4.39 Å². The Balaban J connectivity index is 2.04. The first-order valence-electron chi connectivity index (χ1n) is 9.30. The summed E-state index contributed by atoms with van der Waals surface area (Å²) in [6.07, 6.45) is -0.233. The highest BCUT2D eigenvalue weighted by Gasteiger charge is 2.14. The summed E-state index contributed by atoms with van der Waals surface area (Å²) in [7, 11) is 1.44. The largest absolute Gasteiger partial charge is 0.494 e. The van der Waals surface area contributed by atoms with Gasteiger partial charge in [0, 0.05) is 13.2 Å². The number of aromatic nitrogens is 2. The van der Waals surface area contributed by atoms with E-state index in [1.165, 1.54) is 13.2 Å². The lowest BCUT2D eigenvalue weighted by atomic mass is 10.1. The summed E-state index contributed by atoms with van der Waals surface area (Å²) in [6.45, 7) is 9.11. The molecule has 9 heteroatoms. The second-order valence-electron chi connectivity index (χ2n) is 6.10. The van der Waals surface area contributed by atoms with Crippen molar-refractivity contribution in [3.05, 3.63) is 41.3 Å². The molecule has 2 aromatic rings. The van der Waals surface area contributed by atoms with Crippen LogP contribution in [0.2, 0.25) is 0 Å². The second kappa shape index (κ2) is 10.6. The van der Waals surface area contributed by atoms with E-state index in [-0.39, 0.29) is 24.4 Å². The van der Waals surface area contributed by atoms with Crippen molar-refractivity contribution in [1.82, 2.24) is 20.8 Å². The van der Waals surface area contributed by atoms with E-state index in [4.69, 9.17) is 14.0 Å². The molecule has 1 heterocycles. The number of guanidine groups is 1. The zero-order valence-electron chi connectivity index (χ0n) is 17.0. The zero-order chi connectivity index (χ0) is 20.5. The Hall–Kier alpha value is -2.68. The fourth-order valence-electron chi connectivity index (χ4n) is 2.53. The van der Waals surface area contributed by atoms with Gasteiger partial charge in [0.2, 0.25) is 5.89 Å². The Morgan fingerprint density at radius 2 is 2.11 bits per heavy atom. The summed E-state index contributed by atoms with van der Waals surface area (Å²) < 4.78 is 29.6. The number of ether oxygens (including phenoxy) is 2. The monoisotopic (exact) mass is 393 g/mol. The molecule has 0 aliphatic rings. The number of nitrogens with one attached hydrogen (secondary N) is 2. The first kappa shape index (κ1) is 21.6. The minimum absolute atomic E-state index is 0.172. The van der Waals surface area contributed by atoms with E-state index < -0.39 is 5.82 Å². The van der Waals surface area contributed by atoms with Crippen LogP contribution >= 0.6 is 0 Å². The molecule has 0 aliphatic carbocycles.